The molecular weight excluding hydrogens is 336 g/mol. The second-order valence-corrected chi connectivity index (χ2v) is 7.08. The molecule has 6 heteroatoms. The predicted molar refractivity (Wildman–Crippen MR) is 100.0 cm³/mol. The number of aryl methyl sites for hydroxylation is 2. The van der Waals surface area contributed by atoms with Crippen molar-refractivity contribution in [3.63, 3.8) is 0 Å². The van der Waals surface area contributed by atoms with Crippen LogP contribution in [0.3, 0.4) is 0 Å². The molecule has 0 radical (unpaired) electrons. The van der Waals surface area contributed by atoms with Gasteiger partial charge in [0.15, 0.2) is 4.96 Å². The van der Waals surface area contributed by atoms with Gasteiger partial charge in [-0.25, -0.2) is 9.78 Å². The van der Waals surface area contributed by atoms with Gasteiger partial charge in [0.2, 0.25) is 0 Å². The lowest BCUT2D eigenvalue weighted by molar-refractivity contribution is 0.0700. The van der Waals surface area contributed by atoms with Crippen molar-refractivity contribution in [1.29, 1.82) is 0 Å². The van der Waals surface area contributed by atoms with Gasteiger partial charge < -0.3 is 9.84 Å². The normalized spacial score (nSPS) is 11.4. The van der Waals surface area contributed by atoms with Crippen LogP contribution in [0.5, 0.6) is 5.75 Å². The summed E-state index contributed by atoms with van der Waals surface area (Å²) in [5.74, 6) is -0.0497. The fourth-order valence-corrected chi connectivity index (χ4v) is 4.11. The second kappa shape index (κ2) is 6.88. The lowest BCUT2D eigenvalue weighted by Crippen LogP contribution is -2.05. The first-order valence-corrected chi connectivity index (χ1v) is 9.31. The van der Waals surface area contributed by atoms with Gasteiger partial charge in [-0.1, -0.05) is 25.2 Å². The monoisotopic (exact) mass is 358 g/mol. The highest BCUT2D eigenvalue weighted by Gasteiger charge is 2.22. The maximum absolute atomic E-state index is 11.5. The van der Waals surface area contributed by atoms with Crippen molar-refractivity contribution < 1.29 is 14.6 Å². The maximum Gasteiger partial charge on any atom is 0.347 e. The molecule has 0 bridgehead atoms. The zero-order valence-electron chi connectivity index (χ0n) is 14.9. The molecule has 0 aliphatic carbocycles. The van der Waals surface area contributed by atoms with E-state index >= 15 is 0 Å². The summed E-state index contributed by atoms with van der Waals surface area (Å²) in [6.07, 6.45) is 1.58. The number of imidazole rings is 1. The van der Waals surface area contributed by atoms with Crippen LogP contribution in [-0.2, 0) is 12.8 Å². The number of ether oxygens (including phenoxy) is 1. The number of hydrogen-bond acceptors (Lipinski definition) is 4. The summed E-state index contributed by atoms with van der Waals surface area (Å²) < 4.78 is 7.71. The molecule has 0 atom stereocenters. The Hall–Kier alpha value is -2.34. The van der Waals surface area contributed by atoms with E-state index in [-0.39, 0.29) is 6.10 Å². The number of hydrogen-bond donors (Lipinski definition) is 1. The van der Waals surface area contributed by atoms with E-state index in [0.29, 0.717) is 11.3 Å². The number of fused-ring (bicyclic) bond motifs is 1. The van der Waals surface area contributed by atoms with Crippen molar-refractivity contribution in [2.75, 3.05) is 0 Å². The Morgan fingerprint density at radius 2 is 1.84 bits per heavy atom. The van der Waals surface area contributed by atoms with E-state index in [9.17, 15) is 9.90 Å². The molecule has 0 aliphatic heterocycles. The van der Waals surface area contributed by atoms with Crippen molar-refractivity contribution in [2.45, 2.75) is 46.6 Å². The van der Waals surface area contributed by atoms with E-state index in [4.69, 9.17) is 9.72 Å². The van der Waals surface area contributed by atoms with Crippen LogP contribution in [0.15, 0.2) is 24.3 Å². The molecule has 0 fully saturated rings. The van der Waals surface area contributed by atoms with Crippen LogP contribution in [0.1, 0.15) is 48.8 Å². The summed E-state index contributed by atoms with van der Waals surface area (Å²) in [7, 11) is 0. The third-order valence-electron chi connectivity index (χ3n) is 4.03. The van der Waals surface area contributed by atoms with Crippen LogP contribution in [-0.4, -0.2) is 26.6 Å². The minimum absolute atomic E-state index is 0.136. The molecule has 0 unspecified atom stereocenters. The number of aromatic carboxylic acids is 1. The number of rotatable bonds is 6. The first kappa shape index (κ1) is 17.5. The van der Waals surface area contributed by atoms with Gasteiger partial charge in [0.05, 0.1) is 17.5 Å². The number of carbonyl (C=O) groups is 1. The maximum atomic E-state index is 11.5. The van der Waals surface area contributed by atoms with Crippen LogP contribution in [0.25, 0.3) is 16.2 Å². The van der Waals surface area contributed by atoms with Crippen LogP contribution in [0.2, 0.25) is 0 Å². The summed E-state index contributed by atoms with van der Waals surface area (Å²) in [5.41, 5.74) is 3.80. The Balaban J connectivity index is 2.11. The first-order valence-electron chi connectivity index (χ1n) is 8.49. The summed E-state index contributed by atoms with van der Waals surface area (Å²) >= 11 is 1.24. The number of carboxylic acid groups (broad SMARTS) is 1. The van der Waals surface area contributed by atoms with Gasteiger partial charge in [0, 0.05) is 11.3 Å². The first-order chi connectivity index (χ1) is 12.0. The number of benzene rings is 1. The van der Waals surface area contributed by atoms with Crippen LogP contribution >= 0.6 is 11.3 Å². The van der Waals surface area contributed by atoms with E-state index in [1.807, 2.05) is 49.4 Å². The molecule has 2 heterocycles. The summed E-state index contributed by atoms with van der Waals surface area (Å²) in [5, 5.41) is 9.42. The average Bonchev–Trinajstić information content (AvgIpc) is 3.10. The molecule has 3 rings (SSSR count). The highest BCUT2D eigenvalue weighted by atomic mass is 32.1. The molecule has 132 valence electrons. The van der Waals surface area contributed by atoms with Crippen molar-refractivity contribution in [3.05, 3.63) is 40.5 Å². The summed E-state index contributed by atoms with van der Waals surface area (Å²) in [6.45, 7) is 8.05. The molecule has 5 nitrogen and oxygen atoms in total. The number of thiazole rings is 1. The van der Waals surface area contributed by atoms with Crippen molar-refractivity contribution in [1.82, 2.24) is 9.38 Å². The number of aromatic nitrogens is 2. The Kier molecular flexibility index (Phi) is 4.81. The standard InChI is InChI=1S/C19H22N2O3S/c1-5-14-16(12-7-9-13(10-8-12)24-11(3)4)20-19-21(14)15(6-2)17(25-19)18(22)23/h7-11H,5-6H2,1-4H3,(H,22,23). The highest BCUT2D eigenvalue weighted by Crippen LogP contribution is 2.32. The second-order valence-electron chi connectivity index (χ2n) is 6.11. The van der Waals surface area contributed by atoms with Crippen LogP contribution in [0, 0.1) is 0 Å². The van der Waals surface area contributed by atoms with Crippen LogP contribution in [0.4, 0.5) is 0 Å². The predicted octanol–water partition coefficient (Wildman–Crippen LogP) is 4.67. The molecule has 2 aromatic heterocycles. The van der Waals surface area contributed by atoms with Gasteiger partial charge >= 0.3 is 5.97 Å². The minimum Gasteiger partial charge on any atom is -0.491 e. The van der Waals surface area contributed by atoms with Crippen LogP contribution < -0.4 is 4.74 Å². The smallest absolute Gasteiger partial charge is 0.347 e. The molecular formula is C19H22N2O3S. The van der Waals surface area contributed by atoms with E-state index in [1.165, 1.54) is 11.3 Å². The molecule has 0 aliphatic rings. The Morgan fingerprint density at radius 1 is 1.20 bits per heavy atom. The number of nitrogens with zero attached hydrogens (tertiary/aromatic N) is 2. The molecule has 0 amide bonds. The van der Waals surface area contributed by atoms with Gasteiger partial charge in [0.25, 0.3) is 0 Å². The van der Waals surface area contributed by atoms with Gasteiger partial charge in [-0.05, 0) is 51.0 Å². The van der Waals surface area contributed by atoms with Gasteiger partial charge in [0.1, 0.15) is 10.6 Å². The largest absolute Gasteiger partial charge is 0.491 e. The lowest BCUT2D eigenvalue weighted by atomic mass is 10.1. The van der Waals surface area contributed by atoms with Crippen molar-refractivity contribution in [3.8, 4) is 17.0 Å². The molecule has 0 saturated carbocycles. The SMILES string of the molecule is CCc1c(-c2ccc(OC(C)C)cc2)nc2sc(C(=O)O)c(CC)n12. The van der Waals surface area contributed by atoms with E-state index < -0.39 is 5.97 Å². The van der Waals surface area contributed by atoms with Crippen molar-refractivity contribution in [2.24, 2.45) is 0 Å². The molecule has 1 N–H and O–H groups in total. The molecule has 0 spiro atoms. The lowest BCUT2D eigenvalue weighted by Gasteiger charge is -2.10. The molecule has 0 saturated heterocycles. The fraction of sp³-hybridized carbons (Fsp3) is 0.368. The van der Waals surface area contributed by atoms with E-state index in [1.54, 1.807) is 0 Å². The van der Waals surface area contributed by atoms with E-state index in [0.717, 1.165) is 39.8 Å². The highest BCUT2D eigenvalue weighted by molar-refractivity contribution is 7.19. The fourth-order valence-electron chi connectivity index (χ4n) is 3.04. The topological polar surface area (TPSA) is 63.8 Å². The number of carboxylic acids is 1. The molecule has 25 heavy (non-hydrogen) atoms. The van der Waals surface area contributed by atoms with Crippen molar-refractivity contribution >= 4 is 22.3 Å². The Morgan fingerprint density at radius 3 is 2.36 bits per heavy atom. The Labute approximate surface area is 150 Å². The van der Waals surface area contributed by atoms with E-state index in [2.05, 4.69) is 6.92 Å². The van der Waals surface area contributed by atoms with Gasteiger partial charge in [-0.15, -0.1) is 0 Å². The summed E-state index contributed by atoms with van der Waals surface area (Å²) in [4.78, 5) is 17.3. The average molecular weight is 358 g/mol. The third kappa shape index (κ3) is 3.14. The van der Waals surface area contributed by atoms with Gasteiger partial charge in [-0.3, -0.25) is 4.40 Å². The third-order valence-corrected chi connectivity index (χ3v) is 5.10. The van der Waals surface area contributed by atoms with Gasteiger partial charge in [-0.2, -0.15) is 0 Å². The molecule has 3 aromatic rings. The molecule has 1 aromatic carbocycles. The zero-order valence-corrected chi connectivity index (χ0v) is 15.7. The Bertz CT molecular complexity index is 907. The summed E-state index contributed by atoms with van der Waals surface area (Å²) in [6, 6.07) is 7.91. The minimum atomic E-state index is -0.883. The quantitative estimate of drug-likeness (QED) is 0.695. The zero-order chi connectivity index (χ0) is 18.1.